The molecule has 0 saturated carbocycles. The SMILES string of the molecule is CCC(CC)(CN)Nc1ncc(C(F)(F)F)cc1Cl. The molecule has 0 aliphatic carbocycles. The molecule has 0 fully saturated rings. The Morgan fingerprint density at radius 2 is 1.89 bits per heavy atom. The third kappa shape index (κ3) is 3.73. The second kappa shape index (κ2) is 5.96. The molecular formula is C12H17ClF3N3. The van der Waals surface area contributed by atoms with Crippen LogP contribution in [0, 0.1) is 0 Å². The van der Waals surface area contributed by atoms with Crippen molar-refractivity contribution in [3.05, 3.63) is 22.8 Å². The lowest BCUT2D eigenvalue weighted by atomic mass is 9.93. The number of nitrogens with one attached hydrogen (secondary N) is 1. The molecule has 1 heterocycles. The summed E-state index contributed by atoms with van der Waals surface area (Å²) in [5.74, 6) is 0.226. The maximum Gasteiger partial charge on any atom is 0.417 e. The highest BCUT2D eigenvalue weighted by Crippen LogP contribution is 2.33. The fourth-order valence-corrected chi connectivity index (χ4v) is 1.92. The summed E-state index contributed by atoms with van der Waals surface area (Å²) in [5, 5.41) is 2.99. The highest BCUT2D eigenvalue weighted by molar-refractivity contribution is 6.33. The summed E-state index contributed by atoms with van der Waals surface area (Å²) in [6.07, 6.45) is -2.24. The van der Waals surface area contributed by atoms with Gasteiger partial charge in [0.2, 0.25) is 0 Å². The van der Waals surface area contributed by atoms with Crippen molar-refractivity contribution in [1.29, 1.82) is 0 Å². The Hall–Kier alpha value is -1.01. The topological polar surface area (TPSA) is 50.9 Å². The molecule has 0 aromatic carbocycles. The van der Waals surface area contributed by atoms with E-state index >= 15 is 0 Å². The number of halogens is 4. The van der Waals surface area contributed by atoms with E-state index in [1.54, 1.807) is 0 Å². The van der Waals surface area contributed by atoms with Gasteiger partial charge in [0, 0.05) is 12.7 Å². The van der Waals surface area contributed by atoms with E-state index in [2.05, 4.69) is 10.3 Å². The summed E-state index contributed by atoms with van der Waals surface area (Å²) in [4.78, 5) is 3.75. The van der Waals surface area contributed by atoms with E-state index in [0.717, 1.165) is 25.1 Å². The van der Waals surface area contributed by atoms with E-state index in [9.17, 15) is 13.2 Å². The second-order valence-corrected chi connectivity index (χ2v) is 4.78. The molecule has 108 valence electrons. The number of pyridine rings is 1. The molecule has 0 bridgehead atoms. The molecule has 0 amide bonds. The number of hydrogen-bond acceptors (Lipinski definition) is 3. The summed E-state index contributed by atoms with van der Waals surface area (Å²) < 4.78 is 37.5. The van der Waals surface area contributed by atoms with Crippen molar-refractivity contribution in [2.45, 2.75) is 38.4 Å². The van der Waals surface area contributed by atoms with E-state index in [-0.39, 0.29) is 10.8 Å². The summed E-state index contributed by atoms with van der Waals surface area (Å²) in [6.45, 7) is 4.24. The molecule has 1 aromatic heterocycles. The van der Waals surface area contributed by atoms with Crippen LogP contribution in [0.25, 0.3) is 0 Å². The predicted molar refractivity (Wildman–Crippen MR) is 70.2 cm³/mol. The van der Waals surface area contributed by atoms with Crippen LogP contribution in [0.1, 0.15) is 32.3 Å². The molecule has 0 spiro atoms. The van der Waals surface area contributed by atoms with Gasteiger partial charge < -0.3 is 11.1 Å². The van der Waals surface area contributed by atoms with Crippen molar-refractivity contribution in [3.63, 3.8) is 0 Å². The first-order valence-corrected chi connectivity index (χ1v) is 6.36. The Balaban J connectivity index is 3.04. The van der Waals surface area contributed by atoms with Crippen LogP contribution < -0.4 is 11.1 Å². The van der Waals surface area contributed by atoms with Crippen LogP contribution in [0.4, 0.5) is 19.0 Å². The molecule has 0 radical (unpaired) electrons. The predicted octanol–water partition coefficient (Wildman–Crippen LogP) is 3.68. The molecule has 19 heavy (non-hydrogen) atoms. The molecule has 0 saturated heterocycles. The number of hydrogen-bond donors (Lipinski definition) is 2. The molecule has 3 nitrogen and oxygen atoms in total. The molecule has 0 aliphatic heterocycles. The maximum absolute atomic E-state index is 12.5. The fourth-order valence-electron chi connectivity index (χ4n) is 1.70. The first-order valence-electron chi connectivity index (χ1n) is 5.99. The molecule has 0 aliphatic rings. The summed E-state index contributed by atoms with van der Waals surface area (Å²) >= 11 is 5.85. The number of nitrogens with two attached hydrogens (primary N) is 1. The zero-order chi connectivity index (χ0) is 14.7. The molecule has 3 N–H and O–H groups in total. The standard InChI is InChI=1S/C12H17ClF3N3/c1-3-11(4-2,7-17)19-10-9(13)5-8(6-18-10)12(14,15)16/h5-6H,3-4,7,17H2,1-2H3,(H,18,19). The number of alkyl halides is 3. The Labute approximate surface area is 115 Å². The zero-order valence-corrected chi connectivity index (χ0v) is 11.6. The molecular weight excluding hydrogens is 279 g/mol. The van der Waals surface area contributed by atoms with Crippen LogP contribution >= 0.6 is 11.6 Å². The van der Waals surface area contributed by atoms with Crippen molar-refractivity contribution in [1.82, 2.24) is 4.98 Å². The second-order valence-electron chi connectivity index (χ2n) is 4.37. The van der Waals surface area contributed by atoms with Crippen LogP contribution in [0.5, 0.6) is 0 Å². The van der Waals surface area contributed by atoms with E-state index in [1.807, 2.05) is 13.8 Å². The van der Waals surface area contributed by atoms with Crippen LogP contribution in [-0.2, 0) is 6.18 Å². The van der Waals surface area contributed by atoms with Crippen molar-refractivity contribution < 1.29 is 13.2 Å². The third-order valence-electron chi connectivity index (χ3n) is 3.30. The highest BCUT2D eigenvalue weighted by Gasteiger charge is 2.32. The highest BCUT2D eigenvalue weighted by atomic mass is 35.5. The van der Waals surface area contributed by atoms with Crippen LogP contribution in [-0.4, -0.2) is 17.1 Å². The van der Waals surface area contributed by atoms with Crippen molar-refractivity contribution in [3.8, 4) is 0 Å². The quantitative estimate of drug-likeness (QED) is 0.871. The number of anilines is 1. The Morgan fingerprint density at radius 3 is 2.26 bits per heavy atom. The lowest BCUT2D eigenvalue weighted by Crippen LogP contribution is -2.44. The maximum atomic E-state index is 12.5. The summed E-state index contributed by atoms with van der Waals surface area (Å²) in [5.41, 5.74) is 4.44. The van der Waals surface area contributed by atoms with Gasteiger partial charge in [0.1, 0.15) is 5.82 Å². The molecule has 1 aromatic rings. The van der Waals surface area contributed by atoms with Crippen molar-refractivity contribution >= 4 is 17.4 Å². The summed E-state index contributed by atoms with van der Waals surface area (Å²) in [6, 6.07) is 0.865. The van der Waals surface area contributed by atoms with Gasteiger partial charge in [0.05, 0.1) is 16.1 Å². The average Bonchev–Trinajstić information content (AvgIpc) is 2.37. The lowest BCUT2D eigenvalue weighted by Gasteiger charge is -2.32. The van der Waals surface area contributed by atoms with E-state index in [4.69, 9.17) is 17.3 Å². The normalized spacial score (nSPS) is 12.6. The third-order valence-corrected chi connectivity index (χ3v) is 3.58. The van der Waals surface area contributed by atoms with Gasteiger partial charge in [0.25, 0.3) is 0 Å². The van der Waals surface area contributed by atoms with Crippen molar-refractivity contribution in [2.24, 2.45) is 5.73 Å². The minimum atomic E-state index is -4.45. The van der Waals surface area contributed by atoms with Gasteiger partial charge in [0.15, 0.2) is 0 Å². The first kappa shape index (κ1) is 16.0. The van der Waals surface area contributed by atoms with Gasteiger partial charge in [-0.2, -0.15) is 13.2 Å². The van der Waals surface area contributed by atoms with Gasteiger partial charge in [-0.25, -0.2) is 4.98 Å². The molecule has 1 rings (SSSR count). The molecule has 0 unspecified atom stereocenters. The van der Waals surface area contributed by atoms with E-state index in [0.29, 0.717) is 6.54 Å². The van der Waals surface area contributed by atoms with Crippen LogP contribution in [0.3, 0.4) is 0 Å². The Morgan fingerprint density at radius 1 is 1.32 bits per heavy atom. The average molecular weight is 296 g/mol. The monoisotopic (exact) mass is 295 g/mol. The number of aromatic nitrogens is 1. The number of rotatable bonds is 5. The van der Waals surface area contributed by atoms with E-state index in [1.165, 1.54) is 0 Å². The smallest absolute Gasteiger partial charge is 0.362 e. The zero-order valence-electron chi connectivity index (χ0n) is 10.8. The van der Waals surface area contributed by atoms with Crippen LogP contribution in [0.15, 0.2) is 12.3 Å². The number of nitrogens with zero attached hydrogens (tertiary/aromatic N) is 1. The Bertz CT molecular complexity index is 422. The van der Waals surface area contributed by atoms with E-state index < -0.39 is 17.3 Å². The van der Waals surface area contributed by atoms with Crippen molar-refractivity contribution in [2.75, 3.05) is 11.9 Å². The van der Waals surface area contributed by atoms with Gasteiger partial charge >= 0.3 is 6.18 Å². The fraction of sp³-hybridized carbons (Fsp3) is 0.583. The molecule has 0 atom stereocenters. The van der Waals surface area contributed by atoms with Gasteiger partial charge in [-0.1, -0.05) is 25.4 Å². The van der Waals surface area contributed by atoms with Gasteiger partial charge in [-0.15, -0.1) is 0 Å². The minimum Gasteiger partial charge on any atom is -0.362 e. The van der Waals surface area contributed by atoms with Gasteiger partial charge in [-0.05, 0) is 18.9 Å². The lowest BCUT2D eigenvalue weighted by molar-refractivity contribution is -0.137. The molecule has 7 heteroatoms. The van der Waals surface area contributed by atoms with Gasteiger partial charge in [-0.3, -0.25) is 0 Å². The largest absolute Gasteiger partial charge is 0.417 e. The first-order chi connectivity index (χ1) is 8.78. The minimum absolute atomic E-state index is 0.0606. The van der Waals surface area contributed by atoms with Crippen LogP contribution in [0.2, 0.25) is 5.02 Å². The summed E-state index contributed by atoms with van der Waals surface area (Å²) in [7, 11) is 0. The Kier molecular flexibility index (Phi) is 5.04.